The van der Waals surface area contributed by atoms with Gasteiger partial charge in [0.15, 0.2) is 5.58 Å². The lowest BCUT2D eigenvalue weighted by atomic mass is 9.92. The van der Waals surface area contributed by atoms with E-state index in [4.69, 9.17) is 25.6 Å². The van der Waals surface area contributed by atoms with Crippen LogP contribution in [0.3, 0.4) is 0 Å². The Morgan fingerprint density at radius 3 is 2.51 bits per heavy atom. The van der Waals surface area contributed by atoms with Crippen LogP contribution in [0, 0.1) is 13.8 Å². The van der Waals surface area contributed by atoms with Gasteiger partial charge in [0.2, 0.25) is 5.12 Å². The highest BCUT2D eigenvalue weighted by Crippen LogP contribution is 2.35. The van der Waals surface area contributed by atoms with Gasteiger partial charge in [-0.1, -0.05) is 34.6 Å². The molecule has 1 heterocycles. The number of methoxy groups -OCH3 is 1. The zero-order valence-electron chi connectivity index (χ0n) is 20.7. The predicted molar refractivity (Wildman–Crippen MR) is 143 cm³/mol. The van der Waals surface area contributed by atoms with Crippen molar-refractivity contribution >= 4 is 50.3 Å². The average Bonchev–Trinajstić information content (AvgIpc) is 3.12. The van der Waals surface area contributed by atoms with Crippen LogP contribution in [0.1, 0.15) is 51.9 Å². The molecule has 3 aromatic rings. The number of carbonyl (C=O) groups excluding carboxylic acids is 1. The zero-order valence-corrected chi connectivity index (χ0v) is 22.3. The molecule has 0 radical (unpaired) electrons. The SMILES string of the molecule is CO/N=C(\Cl)CCC/C=C(\c1cc(C)c(OC)c(C(=O)SC)c1)c1cc(C)c2oc(=O)n(C)c2c1. The van der Waals surface area contributed by atoms with Gasteiger partial charge < -0.3 is 14.0 Å². The number of hydrogen-bond acceptors (Lipinski definition) is 7. The number of oxazole rings is 1. The molecule has 0 aliphatic carbocycles. The van der Waals surface area contributed by atoms with Crippen molar-refractivity contribution in [2.75, 3.05) is 20.5 Å². The zero-order chi connectivity index (χ0) is 25.7. The number of benzene rings is 2. The van der Waals surface area contributed by atoms with Gasteiger partial charge in [-0.2, -0.15) is 0 Å². The summed E-state index contributed by atoms with van der Waals surface area (Å²) >= 11 is 7.21. The van der Waals surface area contributed by atoms with Crippen LogP contribution in [0.15, 0.2) is 44.7 Å². The second-order valence-electron chi connectivity index (χ2n) is 8.09. The van der Waals surface area contributed by atoms with Crippen LogP contribution in [0.25, 0.3) is 16.7 Å². The molecule has 0 aliphatic heterocycles. The van der Waals surface area contributed by atoms with Crippen LogP contribution in [0.4, 0.5) is 0 Å². The Morgan fingerprint density at radius 2 is 1.86 bits per heavy atom. The van der Waals surface area contributed by atoms with Gasteiger partial charge >= 0.3 is 5.76 Å². The fraction of sp³-hybridized carbons (Fsp3) is 0.346. The number of fused-ring (bicyclic) bond motifs is 1. The number of oxime groups is 1. The number of ether oxygens (including phenoxy) is 1. The number of aromatic nitrogens is 1. The monoisotopic (exact) mass is 516 g/mol. The maximum atomic E-state index is 12.7. The summed E-state index contributed by atoms with van der Waals surface area (Å²) in [4.78, 5) is 29.6. The summed E-state index contributed by atoms with van der Waals surface area (Å²) in [7, 11) is 4.71. The van der Waals surface area contributed by atoms with E-state index in [0.717, 1.165) is 46.0 Å². The number of thioether (sulfide) groups is 1. The molecule has 35 heavy (non-hydrogen) atoms. The highest BCUT2D eigenvalue weighted by Gasteiger charge is 2.19. The number of unbranched alkanes of at least 4 members (excludes halogenated alkanes) is 1. The van der Waals surface area contributed by atoms with Gasteiger partial charge in [-0.25, -0.2) is 4.79 Å². The highest BCUT2D eigenvalue weighted by molar-refractivity contribution is 8.13. The van der Waals surface area contributed by atoms with Crippen LogP contribution in [-0.4, -0.2) is 35.3 Å². The summed E-state index contributed by atoms with van der Waals surface area (Å²) in [5, 5.41) is 4.08. The minimum Gasteiger partial charge on any atom is -0.496 e. The summed E-state index contributed by atoms with van der Waals surface area (Å²) in [5.74, 6) is 0.157. The molecular weight excluding hydrogens is 488 g/mol. The van der Waals surface area contributed by atoms with Gasteiger partial charge in [0, 0.05) is 13.5 Å². The van der Waals surface area contributed by atoms with E-state index in [0.29, 0.717) is 40.4 Å². The van der Waals surface area contributed by atoms with Gasteiger partial charge in [0.1, 0.15) is 18.0 Å². The van der Waals surface area contributed by atoms with E-state index in [2.05, 4.69) is 11.2 Å². The molecule has 186 valence electrons. The molecule has 0 atom stereocenters. The van der Waals surface area contributed by atoms with Crippen LogP contribution < -0.4 is 10.5 Å². The smallest absolute Gasteiger partial charge is 0.419 e. The molecule has 0 amide bonds. The summed E-state index contributed by atoms with van der Waals surface area (Å²) in [6, 6.07) is 7.80. The van der Waals surface area contributed by atoms with Gasteiger partial charge in [0.05, 0.1) is 18.2 Å². The lowest BCUT2D eigenvalue weighted by Gasteiger charge is -2.16. The number of nitrogens with zero attached hydrogens (tertiary/aromatic N) is 2. The van der Waals surface area contributed by atoms with E-state index in [9.17, 15) is 9.59 Å². The number of carbonyl (C=O) groups is 1. The van der Waals surface area contributed by atoms with Crippen molar-refractivity contribution in [1.29, 1.82) is 0 Å². The first kappa shape index (κ1) is 26.6. The lowest BCUT2D eigenvalue weighted by molar-refractivity contribution is 0.108. The molecule has 0 aliphatic rings. The fourth-order valence-corrected chi connectivity index (χ4v) is 4.62. The van der Waals surface area contributed by atoms with Crippen LogP contribution >= 0.6 is 23.4 Å². The van der Waals surface area contributed by atoms with Crippen molar-refractivity contribution < 1.29 is 18.8 Å². The summed E-state index contributed by atoms with van der Waals surface area (Å²) in [5.41, 5.74) is 6.22. The van der Waals surface area contributed by atoms with E-state index in [1.807, 2.05) is 38.1 Å². The van der Waals surface area contributed by atoms with Crippen molar-refractivity contribution in [3.05, 3.63) is 68.7 Å². The van der Waals surface area contributed by atoms with Crippen molar-refractivity contribution in [2.24, 2.45) is 12.2 Å². The minimum atomic E-state index is -0.411. The predicted octanol–water partition coefficient (Wildman–Crippen LogP) is 6.06. The molecular formula is C26H29ClN2O5S. The topological polar surface area (TPSA) is 83.0 Å². The normalized spacial score (nSPS) is 12.3. The number of hydrogen-bond donors (Lipinski definition) is 0. The Balaban J connectivity index is 2.17. The van der Waals surface area contributed by atoms with E-state index in [-0.39, 0.29) is 5.12 Å². The molecule has 3 rings (SSSR count). The molecule has 0 bridgehead atoms. The van der Waals surface area contributed by atoms with Crippen LogP contribution in [-0.2, 0) is 11.9 Å². The molecule has 2 aromatic carbocycles. The maximum Gasteiger partial charge on any atom is 0.419 e. The summed E-state index contributed by atoms with van der Waals surface area (Å²) in [6.07, 6.45) is 5.91. The number of rotatable bonds is 9. The standard InChI is InChI=1S/C26H29ClN2O5S/c1-15-11-17(13-20(23(15)32-4)25(30)35-6)19(9-7-8-10-22(27)28-33-5)18-12-16(2)24-21(14-18)29(3)26(31)34-24/h9,11-14H,7-8,10H2,1-6H3/b19-9+,28-22-. The molecule has 0 saturated carbocycles. The highest BCUT2D eigenvalue weighted by atomic mass is 35.5. The van der Waals surface area contributed by atoms with Gasteiger partial charge in [-0.15, -0.1) is 0 Å². The van der Waals surface area contributed by atoms with E-state index in [1.54, 1.807) is 20.4 Å². The molecule has 1 aromatic heterocycles. The molecule has 0 spiro atoms. The summed E-state index contributed by atoms with van der Waals surface area (Å²) < 4.78 is 12.4. The van der Waals surface area contributed by atoms with Crippen LogP contribution in [0.2, 0.25) is 0 Å². The van der Waals surface area contributed by atoms with E-state index in [1.165, 1.54) is 11.7 Å². The number of aryl methyl sites for hydroxylation is 3. The van der Waals surface area contributed by atoms with Crippen LogP contribution in [0.5, 0.6) is 5.75 Å². The molecule has 7 nitrogen and oxygen atoms in total. The third-order valence-corrected chi connectivity index (χ3v) is 6.56. The molecule has 0 fully saturated rings. The Hall–Kier alpha value is -2.97. The first-order valence-electron chi connectivity index (χ1n) is 11.0. The molecule has 0 saturated heterocycles. The largest absolute Gasteiger partial charge is 0.496 e. The number of halogens is 1. The van der Waals surface area contributed by atoms with Crippen molar-refractivity contribution in [1.82, 2.24) is 4.57 Å². The Bertz CT molecular complexity index is 1370. The quantitative estimate of drug-likeness (QED) is 0.195. The fourth-order valence-electron chi connectivity index (χ4n) is 4.05. The molecule has 0 unspecified atom stereocenters. The molecule has 0 N–H and O–H groups in total. The minimum absolute atomic E-state index is 0.0717. The first-order valence-corrected chi connectivity index (χ1v) is 12.7. The maximum absolute atomic E-state index is 12.7. The van der Waals surface area contributed by atoms with Crippen molar-refractivity contribution in [2.45, 2.75) is 33.1 Å². The van der Waals surface area contributed by atoms with Gasteiger partial charge in [0.25, 0.3) is 0 Å². The third kappa shape index (κ3) is 5.82. The lowest BCUT2D eigenvalue weighted by Crippen LogP contribution is -2.08. The first-order chi connectivity index (χ1) is 16.7. The Morgan fingerprint density at radius 1 is 1.17 bits per heavy atom. The molecule has 9 heteroatoms. The second kappa shape index (κ2) is 11.6. The van der Waals surface area contributed by atoms with Gasteiger partial charge in [-0.3, -0.25) is 9.36 Å². The van der Waals surface area contributed by atoms with Crippen molar-refractivity contribution in [3.8, 4) is 5.75 Å². The van der Waals surface area contributed by atoms with Crippen molar-refractivity contribution in [3.63, 3.8) is 0 Å². The van der Waals surface area contributed by atoms with E-state index < -0.39 is 5.76 Å². The number of allylic oxidation sites excluding steroid dienone is 1. The average molecular weight is 517 g/mol. The third-order valence-electron chi connectivity index (χ3n) is 5.71. The van der Waals surface area contributed by atoms with E-state index >= 15 is 0 Å². The summed E-state index contributed by atoms with van der Waals surface area (Å²) in [6.45, 7) is 3.83. The Kier molecular flexibility index (Phi) is 8.86. The van der Waals surface area contributed by atoms with Gasteiger partial charge in [-0.05, 0) is 85.0 Å². The second-order valence-corrected chi connectivity index (χ2v) is 9.31. The Labute approximate surface area is 213 Å².